The molecule has 0 aromatic heterocycles. The highest BCUT2D eigenvalue weighted by Crippen LogP contribution is 2.61. The molecule has 2 aromatic carbocycles. The van der Waals surface area contributed by atoms with Gasteiger partial charge in [-0.3, -0.25) is 14.4 Å². The maximum Gasteiger partial charge on any atom is 0.293 e. The van der Waals surface area contributed by atoms with Crippen LogP contribution in [-0.2, 0) is 10.0 Å². The van der Waals surface area contributed by atoms with Crippen molar-refractivity contribution in [2.45, 2.75) is 38.0 Å². The summed E-state index contributed by atoms with van der Waals surface area (Å²) in [5.74, 6) is 1.20. The highest BCUT2D eigenvalue weighted by molar-refractivity contribution is 7.92. The van der Waals surface area contributed by atoms with Crippen LogP contribution in [0.25, 0.3) is 0 Å². The molecule has 31 heavy (non-hydrogen) atoms. The summed E-state index contributed by atoms with van der Waals surface area (Å²) in [6, 6.07) is 13.6. The first-order chi connectivity index (χ1) is 14.7. The van der Waals surface area contributed by atoms with E-state index in [0.717, 1.165) is 19.3 Å². The summed E-state index contributed by atoms with van der Waals surface area (Å²) in [7, 11) is -4.06. The van der Waals surface area contributed by atoms with Crippen molar-refractivity contribution in [1.29, 1.82) is 5.26 Å². The van der Waals surface area contributed by atoms with Crippen LogP contribution in [0.15, 0.2) is 53.4 Å². The molecule has 0 aliphatic heterocycles. The highest BCUT2D eigenvalue weighted by Gasteiger charge is 2.54. The van der Waals surface area contributed by atoms with Gasteiger partial charge in [-0.25, -0.2) is 8.42 Å². The van der Waals surface area contributed by atoms with Gasteiger partial charge < -0.3 is 0 Å². The second-order valence-corrected chi connectivity index (χ2v) is 11.0. The van der Waals surface area contributed by atoms with Crippen LogP contribution in [0.2, 0.25) is 0 Å². The minimum absolute atomic E-state index is 0.0196. The standard InChI is InChI=1S/C23H25N3O4S/c1-23(2)18-10-9-17(20(23)13-18)15-25(21-5-3-4-6-22(21)26(27)28)31(29,30)19-11-7-16(14-24)8-12-19/h3-8,11-12,17-18,20H,9-10,13,15H2,1-2H3/t17-,18-,20-/m1/s1. The average molecular weight is 440 g/mol. The summed E-state index contributed by atoms with van der Waals surface area (Å²) in [5.41, 5.74) is 0.359. The lowest BCUT2D eigenvalue weighted by Crippen LogP contribution is -2.55. The smallest absolute Gasteiger partial charge is 0.259 e. The van der Waals surface area contributed by atoms with Crippen LogP contribution in [0.5, 0.6) is 0 Å². The van der Waals surface area contributed by atoms with E-state index in [0.29, 0.717) is 17.4 Å². The highest BCUT2D eigenvalue weighted by atomic mass is 32.2. The molecule has 3 saturated carbocycles. The summed E-state index contributed by atoms with van der Waals surface area (Å²) in [6.07, 6.45) is 3.05. The summed E-state index contributed by atoms with van der Waals surface area (Å²) >= 11 is 0. The first-order valence-corrected chi connectivity index (χ1v) is 11.9. The lowest BCUT2D eigenvalue weighted by atomic mass is 9.45. The van der Waals surface area contributed by atoms with Crippen LogP contribution >= 0.6 is 0 Å². The zero-order valence-electron chi connectivity index (χ0n) is 17.6. The fourth-order valence-electron chi connectivity index (χ4n) is 5.38. The van der Waals surface area contributed by atoms with Crippen molar-refractivity contribution in [3.8, 4) is 6.07 Å². The predicted octanol–water partition coefficient (Wildman–Crippen LogP) is 4.73. The van der Waals surface area contributed by atoms with E-state index >= 15 is 0 Å². The van der Waals surface area contributed by atoms with Crippen molar-refractivity contribution < 1.29 is 13.3 Å². The van der Waals surface area contributed by atoms with Gasteiger partial charge >= 0.3 is 0 Å². The van der Waals surface area contributed by atoms with Crippen LogP contribution in [0, 0.1) is 44.6 Å². The van der Waals surface area contributed by atoms with Crippen LogP contribution < -0.4 is 4.31 Å². The number of nitrogens with zero attached hydrogens (tertiary/aromatic N) is 3. The van der Waals surface area contributed by atoms with E-state index < -0.39 is 14.9 Å². The Balaban J connectivity index is 1.78. The third-order valence-corrected chi connectivity index (χ3v) is 9.11. The lowest BCUT2D eigenvalue weighted by molar-refractivity contribution is -0.384. The number of nitro groups is 1. The summed E-state index contributed by atoms with van der Waals surface area (Å²) < 4.78 is 28.6. The third kappa shape index (κ3) is 3.57. The van der Waals surface area contributed by atoms with Gasteiger partial charge in [-0.05, 0) is 72.8 Å². The Morgan fingerprint density at radius 2 is 1.84 bits per heavy atom. The predicted molar refractivity (Wildman–Crippen MR) is 117 cm³/mol. The molecule has 7 nitrogen and oxygen atoms in total. The maximum absolute atomic E-state index is 13.7. The van der Waals surface area contributed by atoms with Gasteiger partial charge in [0.25, 0.3) is 15.7 Å². The van der Waals surface area contributed by atoms with Gasteiger partial charge in [0.2, 0.25) is 0 Å². The fraction of sp³-hybridized carbons (Fsp3) is 0.435. The van der Waals surface area contributed by atoms with Crippen LogP contribution in [-0.4, -0.2) is 19.9 Å². The number of nitro benzene ring substituents is 1. The molecule has 5 rings (SSSR count). The monoisotopic (exact) mass is 439 g/mol. The molecule has 2 bridgehead atoms. The molecule has 0 amide bonds. The van der Waals surface area contributed by atoms with E-state index in [4.69, 9.17) is 5.26 Å². The van der Waals surface area contributed by atoms with Gasteiger partial charge in [-0.15, -0.1) is 0 Å². The molecular formula is C23H25N3O4S. The Morgan fingerprint density at radius 3 is 2.42 bits per heavy atom. The molecule has 0 radical (unpaired) electrons. The van der Waals surface area contributed by atoms with Gasteiger partial charge in [0, 0.05) is 12.6 Å². The fourth-order valence-corrected chi connectivity index (χ4v) is 6.91. The van der Waals surface area contributed by atoms with Crippen molar-refractivity contribution in [2.24, 2.45) is 23.2 Å². The zero-order chi connectivity index (χ0) is 22.4. The maximum atomic E-state index is 13.7. The van der Waals surface area contributed by atoms with Crippen molar-refractivity contribution in [1.82, 2.24) is 0 Å². The first kappa shape index (κ1) is 21.3. The number of sulfonamides is 1. The van der Waals surface area contributed by atoms with Crippen molar-refractivity contribution in [3.63, 3.8) is 0 Å². The van der Waals surface area contributed by atoms with E-state index in [9.17, 15) is 18.5 Å². The molecule has 0 unspecified atom stereocenters. The van der Waals surface area contributed by atoms with Crippen molar-refractivity contribution in [3.05, 3.63) is 64.2 Å². The van der Waals surface area contributed by atoms with Crippen LogP contribution in [0.4, 0.5) is 11.4 Å². The lowest BCUT2D eigenvalue weighted by Gasteiger charge is -2.60. The Hall–Kier alpha value is -2.92. The quantitative estimate of drug-likeness (QED) is 0.478. The van der Waals surface area contributed by atoms with Gasteiger partial charge in [0.15, 0.2) is 0 Å². The Labute approximate surface area is 182 Å². The number of anilines is 1. The SMILES string of the molecule is CC1(C)[C@@H]2CC[C@H](CN(c3ccccc3[N+](=O)[O-])S(=O)(=O)c3ccc(C#N)cc3)[C@H]1C2. The normalized spacial score (nSPS) is 24.0. The van der Waals surface area contributed by atoms with Gasteiger partial charge in [0.1, 0.15) is 5.69 Å². The molecule has 0 spiro atoms. The van der Waals surface area contributed by atoms with E-state index in [1.54, 1.807) is 6.07 Å². The minimum atomic E-state index is -4.06. The van der Waals surface area contributed by atoms with Gasteiger partial charge in [-0.1, -0.05) is 26.0 Å². The van der Waals surface area contributed by atoms with Gasteiger partial charge in [-0.2, -0.15) is 5.26 Å². The molecule has 3 aliphatic carbocycles. The Morgan fingerprint density at radius 1 is 1.16 bits per heavy atom. The number of nitriles is 1. The number of fused-ring (bicyclic) bond motifs is 2. The van der Waals surface area contributed by atoms with Crippen molar-refractivity contribution >= 4 is 21.4 Å². The van der Waals surface area contributed by atoms with Crippen molar-refractivity contribution in [2.75, 3.05) is 10.8 Å². The zero-order valence-corrected chi connectivity index (χ0v) is 18.4. The minimum Gasteiger partial charge on any atom is -0.259 e. The molecule has 3 fully saturated rings. The number of hydrogen-bond acceptors (Lipinski definition) is 5. The summed E-state index contributed by atoms with van der Waals surface area (Å²) in [4.78, 5) is 11.2. The van der Waals surface area contributed by atoms with E-state index in [2.05, 4.69) is 13.8 Å². The summed E-state index contributed by atoms with van der Waals surface area (Å²) in [5, 5.41) is 20.7. The molecule has 8 heteroatoms. The summed E-state index contributed by atoms with van der Waals surface area (Å²) in [6.45, 7) is 4.68. The largest absolute Gasteiger partial charge is 0.293 e. The topological polar surface area (TPSA) is 104 Å². The third-order valence-electron chi connectivity index (χ3n) is 7.32. The molecule has 0 heterocycles. The van der Waals surface area contributed by atoms with Crippen LogP contribution in [0.3, 0.4) is 0 Å². The number of rotatable bonds is 6. The molecule has 3 atom stereocenters. The molecule has 0 saturated heterocycles. The number of para-hydroxylation sites is 2. The Bertz CT molecular complexity index is 1150. The number of hydrogen-bond donors (Lipinski definition) is 0. The van der Waals surface area contributed by atoms with Crippen LogP contribution in [0.1, 0.15) is 38.7 Å². The Kier molecular flexibility index (Phi) is 5.26. The van der Waals surface area contributed by atoms with E-state index in [1.807, 2.05) is 6.07 Å². The molecule has 3 aliphatic rings. The molecule has 0 N–H and O–H groups in total. The second kappa shape index (κ2) is 7.65. The van der Waals surface area contributed by atoms with E-state index in [-0.39, 0.29) is 34.1 Å². The second-order valence-electron chi connectivity index (χ2n) is 9.12. The first-order valence-electron chi connectivity index (χ1n) is 10.4. The number of benzene rings is 2. The molecule has 2 aromatic rings. The average Bonchev–Trinajstić information content (AvgIpc) is 2.77. The molecular weight excluding hydrogens is 414 g/mol. The molecule has 162 valence electrons. The van der Waals surface area contributed by atoms with E-state index in [1.165, 1.54) is 46.8 Å². The van der Waals surface area contributed by atoms with Gasteiger partial charge in [0.05, 0.1) is 21.5 Å².